The van der Waals surface area contributed by atoms with Gasteiger partial charge in [0.2, 0.25) is 5.78 Å². The highest BCUT2D eigenvalue weighted by molar-refractivity contribution is 7.10. The van der Waals surface area contributed by atoms with Gasteiger partial charge in [-0.25, -0.2) is 9.97 Å². The van der Waals surface area contributed by atoms with Gasteiger partial charge in [-0.05, 0) is 49.8 Å². The fraction of sp³-hybridized carbons (Fsp3) is 0.444. The van der Waals surface area contributed by atoms with E-state index < -0.39 is 0 Å². The summed E-state index contributed by atoms with van der Waals surface area (Å²) in [5.74, 6) is 0.818. The molecule has 3 aromatic rings. The maximum absolute atomic E-state index is 4.75. The largest absolute Gasteiger partial charge is 0.290 e. The van der Waals surface area contributed by atoms with E-state index >= 15 is 0 Å². The molecule has 4 rings (SSSR count). The third-order valence-corrected chi connectivity index (χ3v) is 5.77. The lowest BCUT2D eigenvalue weighted by Gasteiger charge is -2.34. The van der Waals surface area contributed by atoms with Crippen LogP contribution in [0.25, 0.3) is 5.78 Å². The standard InChI is InChI=1S/C18H22N4S/c1-4-16-15-6-8-23-17(15)5-7-21(16)10-14-11-22-13(3)9-12(2)19-18(22)20-14/h6,8-9,11,16H,4-5,7,10H2,1-3H3. The van der Waals surface area contributed by atoms with Crippen LogP contribution in [0.4, 0.5) is 0 Å². The number of rotatable bonds is 3. The molecule has 1 aliphatic rings. The van der Waals surface area contributed by atoms with Gasteiger partial charge in [-0.1, -0.05) is 6.92 Å². The average molecular weight is 326 g/mol. The minimum absolute atomic E-state index is 0.519. The second-order valence-electron chi connectivity index (χ2n) is 6.38. The van der Waals surface area contributed by atoms with Gasteiger partial charge in [0.15, 0.2) is 0 Å². The Bertz CT molecular complexity index is 848. The van der Waals surface area contributed by atoms with Crippen LogP contribution in [-0.4, -0.2) is 25.8 Å². The summed E-state index contributed by atoms with van der Waals surface area (Å²) >= 11 is 1.90. The maximum Gasteiger partial charge on any atom is 0.234 e. The molecule has 3 aromatic heterocycles. The summed E-state index contributed by atoms with van der Waals surface area (Å²) in [6, 6.07) is 4.93. The Morgan fingerprint density at radius 1 is 1.30 bits per heavy atom. The molecule has 0 aromatic carbocycles. The van der Waals surface area contributed by atoms with Gasteiger partial charge in [0.1, 0.15) is 0 Å². The van der Waals surface area contributed by atoms with E-state index in [4.69, 9.17) is 4.98 Å². The molecule has 120 valence electrons. The van der Waals surface area contributed by atoms with E-state index in [1.165, 1.54) is 11.3 Å². The van der Waals surface area contributed by atoms with Gasteiger partial charge in [0.05, 0.1) is 5.69 Å². The number of imidazole rings is 1. The number of hydrogen-bond acceptors (Lipinski definition) is 4. The minimum Gasteiger partial charge on any atom is -0.290 e. The summed E-state index contributed by atoms with van der Waals surface area (Å²) in [6.07, 6.45) is 4.45. The van der Waals surface area contributed by atoms with E-state index in [0.29, 0.717) is 6.04 Å². The first-order valence-electron chi connectivity index (χ1n) is 8.28. The highest BCUT2D eigenvalue weighted by atomic mass is 32.1. The number of hydrogen-bond donors (Lipinski definition) is 0. The van der Waals surface area contributed by atoms with Gasteiger partial charge in [0, 0.05) is 41.6 Å². The fourth-order valence-electron chi connectivity index (χ4n) is 3.72. The summed E-state index contributed by atoms with van der Waals surface area (Å²) in [4.78, 5) is 13.4. The van der Waals surface area contributed by atoms with E-state index in [9.17, 15) is 0 Å². The van der Waals surface area contributed by atoms with Crippen LogP contribution in [-0.2, 0) is 13.0 Å². The second kappa shape index (κ2) is 5.73. The van der Waals surface area contributed by atoms with Gasteiger partial charge >= 0.3 is 0 Å². The summed E-state index contributed by atoms with van der Waals surface area (Å²) in [5, 5.41) is 2.23. The summed E-state index contributed by atoms with van der Waals surface area (Å²) in [5.41, 5.74) is 4.86. The van der Waals surface area contributed by atoms with E-state index in [1.807, 2.05) is 18.3 Å². The smallest absolute Gasteiger partial charge is 0.234 e. The minimum atomic E-state index is 0.519. The molecule has 0 saturated heterocycles. The van der Waals surface area contributed by atoms with Crippen LogP contribution >= 0.6 is 11.3 Å². The van der Waals surface area contributed by atoms with Gasteiger partial charge < -0.3 is 0 Å². The van der Waals surface area contributed by atoms with Crippen molar-refractivity contribution in [2.75, 3.05) is 6.54 Å². The third kappa shape index (κ3) is 2.58. The molecule has 4 heterocycles. The van der Waals surface area contributed by atoms with Crippen LogP contribution in [0, 0.1) is 13.8 Å². The molecule has 0 amide bonds. The van der Waals surface area contributed by atoms with Crippen LogP contribution in [0.2, 0.25) is 0 Å². The highest BCUT2D eigenvalue weighted by Crippen LogP contribution is 2.35. The lowest BCUT2D eigenvalue weighted by molar-refractivity contribution is 0.171. The molecule has 4 nitrogen and oxygen atoms in total. The number of aryl methyl sites for hydroxylation is 2. The predicted molar refractivity (Wildman–Crippen MR) is 93.9 cm³/mol. The van der Waals surface area contributed by atoms with Crippen LogP contribution < -0.4 is 0 Å². The van der Waals surface area contributed by atoms with Crippen molar-refractivity contribution in [3.05, 3.63) is 51.2 Å². The molecule has 1 aliphatic heterocycles. The van der Waals surface area contributed by atoms with Crippen molar-refractivity contribution in [1.29, 1.82) is 0 Å². The van der Waals surface area contributed by atoms with Crippen molar-refractivity contribution in [3.8, 4) is 0 Å². The molecule has 0 N–H and O–H groups in total. The zero-order valence-electron chi connectivity index (χ0n) is 13.9. The van der Waals surface area contributed by atoms with Crippen LogP contribution in [0.1, 0.15) is 46.9 Å². The van der Waals surface area contributed by atoms with Crippen molar-refractivity contribution in [2.45, 2.75) is 46.2 Å². The molecule has 0 saturated carbocycles. The third-order valence-electron chi connectivity index (χ3n) is 4.77. The molecule has 23 heavy (non-hydrogen) atoms. The summed E-state index contributed by atoms with van der Waals surface area (Å²) in [7, 11) is 0. The van der Waals surface area contributed by atoms with Crippen molar-refractivity contribution in [2.24, 2.45) is 0 Å². The first-order valence-corrected chi connectivity index (χ1v) is 9.16. The molecule has 0 spiro atoms. The van der Waals surface area contributed by atoms with E-state index in [1.54, 1.807) is 4.88 Å². The van der Waals surface area contributed by atoms with Crippen molar-refractivity contribution < 1.29 is 0 Å². The zero-order valence-corrected chi connectivity index (χ0v) is 14.7. The van der Waals surface area contributed by atoms with E-state index in [0.717, 1.165) is 43.1 Å². The molecule has 0 bridgehead atoms. The SMILES string of the molecule is CCC1c2ccsc2CCN1Cc1cn2c(C)cc(C)nc2n1. The number of nitrogens with zero attached hydrogens (tertiary/aromatic N) is 4. The first-order chi connectivity index (χ1) is 11.2. The summed E-state index contributed by atoms with van der Waals surface area (Å²) < 4.78 is 2.10. The van der Waals surface area contributed by atoms with Crippen molar-refractivity contribution in [1.82, 2.24) is 19.3 Å². The highest BCUT2D eigenvalue weighted by Gasteiger charge is 2.27. The first kappa shape index (κ1) is 14.8. The lowest BCUT2D eigenvalue weighted by Crippen LogP contribution is -2.34. The van der Waals surface area contributed by atoms with E-state index in [2.05, 4.69) is 51.8 Å². The maximum atomic E-state index is 4.75. The topological polar surface area (TPSA) is 33.4 Å². The molecule has 0 aliphatic carbocycles. The lowest BCUT2D eigenvalue weighted by atomic mass is 9.98. The Balaban J connectivity index is 1.64. The average Bonchev–Trinajstić information content (AvgIpc) is 3.13. The van der Waals surface area contributed by atoms with Crippen molar-refractivity contribution >= 4 is 17.1 Å². The van der Waals surface area contributed by atoms with Crippen molar-refractivity contribution in [3.63, 3.8) is 0 Å². The predicted octanol–water partition coefficient (Wildman–Crippen LogP) is 3.92. The Kier molecular flexibility index (Phi) is 3.70. The van der Waals surface area contributed by atoms with Gasteiger partial charge in [0.25, 0.3) is 0 Å². The molecule has 1 atom stereocenters. The van der Waals surface area contributed by atoms with Crippen LogP contribution in [0.5, 0.6) is 0 Å². The molecule has 0 fully saturated rings. The van der Waals surface area contributed by atoms with Gasteiger partial charge in [-0.2, -0.15) is 0 Å². The number of thiophene rings is 1. The molecule has 0 radical (unpaired) electrons. The quantitative estimate of drug-likeness (QED) is 0.731. The fourth-order valence-corrected chi connectivity index (χ4v) is 4.65. The van der Waals surface area contributed by atoms with Gasteiger partial charge in [-0.3, -0.25) is 9.30 Å². The van der Waals surface area contributed by atoms with Crippen LogP contribution in [0.15, 0.2) is 23.7 Å². The van der Waals surface area contributed by atoms with Gasteiger partial charge in [-0.15, -0.1) is 11.3 Å². The number of aromatic nitrogens is 3. The zero-order chi connectivity index (χ0) is 16.0. The number of fused-ring (bicyclic) bond motifs is 2. The molecular weight excluding hydrogens is 304 g/mol. The second-order valence-corrected chi connectivity index (χ2v) is 7.39. The molecule has 5 heteroatoms. The molecular formula is C18H22N4S. The van der Waals surface area contributed by atoms with Crippen LogP contribution in [0.3, 0.4) is 0 Å². The Morgan fingerprint density at radius 2 is 2.17 bits per heavy atom. The molecule has 1 unspecified atom stereocenters. The normalized spacial score (nSPS) is 18.5. The Hall–Kier alpha value is -1.72. The summed E-state index contributed by atoms with van der Waals surface area (Å²) in [6.45, 7) is 8.43. The van der Waals surface area contributed by atoms with E-state index in [-0.39, 0.29) is 0 Å². The monoisotopic (exact) mass is 326 g/mol. The Labute approximate surface area is 140 Å². The Morgan fingerprint density at radius 3 is 3.00 bits per heavy atom.